The van der Waals surface area contributed by atoms with Crippen molar-refractivity contribution in [2.24, 2.45) is 0 Å². The number of aromatic nitrogens is 1. The smallest absolute Gasteiger partial charge is 0.141 e. The lowest BCUT2D eigenvalue weighted by Crippen LogP contribution is -2.24. The number of halogens is 3. The van der Waals surface area contributed by atoms with Gasteiger partial charge in [0.05, 0.1) is 10.7 Å². The fourth-order valence-corrected chi connectivity index (χ4v) is 2.60. The van der Waals surface area contributed by atoms with Crippen molar-refractivity contribution < 1.29 is 8.78 Å². The van der Waals surface area contributed by atoms with Gasteiger partial charge in [-0.1, -0.05) is 19.1 Å². The maximum absolute atomic E-state index is 13.6. The first-order valence-corrected chi connectivity index (χ1v) is 7.67. The van der Waals surface area contributed by atoms with Gasteiger partial charge in [0.1, 0.15) is 11.6 Å². The molecule has 1 aromatic carbocycles. The molecule has 1 heterocycles. The topological polar surface area (TPSA) is 24.9 Å². The van der Waals surface area contributed by atoms with Crippen LogP contribution in [0.3, 0.4) is 0 Å². The summed E-state index contributed by atoms with van der Waals surface area (Å²) in [6, 6.07) is 6.31. The van der Waals surface area contributed by atoms with Crippen LogP contribution in [0.5, 0.6) is 0 Å². The molecule has 0 amide bonds. The molecule has 0 aliphatic rings. The van der Waals surface area contributed by atoms with Crippen molar-refractivity contribution in [3.8, 4) is 0 Å². The van der Waals surface area contributed by atoms with Gasteiger partial charge in [-0.25, -0.2) is 8.78 Å². The molecule has 0 saturated heterocycles. The monoisotopic (exact) mass is 354 g/mol. The Morgan fingerprint density at radius 3 is 2.81 bits per heavy atom. The highest BCUT2D eigenvalue weighted by Gasteiger charge is 2.15. The van der Waals surface area contributed by atoms with E-state index in [2.05, 4.69) is 33.2 Å². The first-order valence-electron chi connectivity index (χ1n) is 6.88. The van der Waals surface area contributed by atoms with Crippen LogP contribution in [-0.4, -0.2) is 11.5 Å². The van der Waals surface area contributed by atoms with Crippen LogP contribution >= 0.6 is 15.9 Å². The lowest BCUT2D eigenvalue weighted by Gasteiger charge is -2.19. The summed E-state index contributed by atoms with van der Waals surface area (Å²) in [5, 5.41) is 3.36. The van der Waals surface area contributed by atoms with Gasteiger partial charge < -0.3 is 5.32 Å². The van der Waals surface area contributed by atoms with Gasteiger partial charge in [0.2, 0.25) is 0 Å². The molecule has 1 aromatic heterocycles. The van der Waals surface area contributed by atoms with Crippen LogP contribution in [-0.2, 0) is 6.42 Å². The summed E-state index contributed by atoms with van der Waals surface area (Å²) < 4.78 is 27.4. The number of hydrogen-bond acceptors (Lipinski definition) is 2. The molecular formula is C16H17BrF2N2. The maximum Gasteiger partial charge on any atom is 0.141 e. The standard InChI is InChI=1S/C16H17BrF2N2/c1-2-6-21-15(12-7-13(18)10-20-9-12)8-11-4-3-5-14(19)16(11)17/h3-5,7,9-10,15,21H,2,6,8H2,1H3. The number of rotatable bonds is 6. The third kappa shape index (κ3) is 4.32. The van der Waals surface area contributed by atoms with Crippen molar-refractivity contribution >= 4 is 15.9 Å². The van der Waals surface area contributed by atoms with Gasteiger partial charge in [-0.3, -0.25) is 4.98 Å². The summed E-state index contributed by atoms with van der Waals surface area (Å²) in [4.78, 5) is 3.89. The third-order valence-corrected chi connectivity index (χ3v) is 4.11. The second kappa shape index (κ2) is 7.61. The molecule has 5 heteroatoms. The Labute approximate surface area is 131 Å². The van der Waals surface area contributed by atoms with Crippen molar-refractivity contribution in [3.63, 3.8) is 0 Å². The molecule has 0 spiro atoms. The highest BCUT2D eigenvalue weighted by atomic mass is 79.9. The van der Waals surface area contributed by atoms with Gasteiger partial charge in [0, 0.05) is 12.2 Å². The molecule has 2 rings (SSSR count). The summed E-state index contributed by atoms with van der Waals surface area (Å²) in [5.41, 5.74) is 1.60. The number of pyridine rings is 1. The Morgan fingerprint density at radius 2 is 2.10 bits per heavy atom. The largest absolute Gasteiger partial charge is 0.310 e. The van der Waals surface area contributed by atoms with E-state index in [4.69, 9.17) is 0 Å². The van der Waals surface area contributed by atoms with Crippen molar-refractivity contribution in [1.29, 1.82) is 0 Å². The van der Waals surface area contributed by atoms with E-state index in [0.29, 0.717) is 10.9 Å². The maximum atomic E-state index is 13.6. The van der Waals surface area contributed by atoms with Crippen LogP contribution in [0.2, 0.25) is 0 Å². The molecule has 0 fully saturated rings. The van der Waals surface area contributed by atoms with Crippen molar-refractivity contribution in [2.45, 2.75) is 25.8 Å². The average molecular weight is 355 g/mol. The van der Waals surface area contributed by atoms with Crippen molar-refractivity contribution in [1.82, 2.24) is 10.3 Å². The predicted molar refractivity (Wildman–Crippen MR) is 83.0 cm³/mol. The lowest BCUT2D eigenvalue weighted by atomic mass is 10.00. The van der Waals surface area contributed by atoms with E-state index in [-0.39, 0.29) is 17.7 Å². The van der Waals surface area contributed by atoms with Gasteiger partial charge in [0.25, 0.3) is 0 Å². The molecule has 0 aliphatic carbocycles. The molecule has 2 nitrogen and oxygen atoms in total. The normalized spacial score (nSPS) is 12.4. The Balaban J connectivity index is 2.26. The minimum atomic E-state index is -0.367. The van der Waals surface area contributed by atoms with E-state index in [9.17, 15) is 8.78 Å². The van der Waals surface area contributed by atoms with Gasteiger partial charge >= 0.3 is 0 Å². The molecule has 1 atom stereocenters. The molecule has 2 aromatic rings. The molecular weight excluding hydrogens is 338 g/mol. The summed E-state index contributed by atoms with van der Waals surface area (Å²) in [5.74, 6) is -0.659. The first kappa shape index (κ1) is 16.0. The summed E-state index contributed by atoms with van der Waals surface area (Å²) in [6.45, 7) is 2.86. The van der Waals surface area contributed by atoms with E-state index < -0.39 is 0 Å². The molecule has 0 saturated carbocycles. The second-order valence-corrected chi connectivity index (χ2v) is 5.65. The van der Waals surface area contributed by atoms with E-state index >= 15 is 0 Å². The minimum absolute atomic E-state index is 0.105. The Bertz CT molecular complexity index is 605. The average Bonchev–Trinajstić information content (AvgIpc) is 2.47. The zero-order chi connectivity index (χ0) is 15.2. The Hall–Kier alpha value is -1.33. The molecule has 0 bridgehead atoms. The van der Waals surface area contributed by atoms with E-state index in [1.165, 1.54) is 18.3 Å². The third-order valence-electron chi connectivity index (χ3n) is 3.22. The fraction of sp³-hybridized carbons (Fsp3) is 0.312. The summed E-state index contributed by atoms with van der Waals surface area (Å²) in [6.07, 6.45) is 4.34. The predicted octanol–water partition coefficient (Wildman–Crippen LogP) is 4.41. The van der Waals surface area contributed by atoms with E-state index in [0.717, 1.165) is 24.1 Å². The van der Waals surface area contributed by atoms with Gasteiger partial charge in [0.15, 0.2) is 0 Å². The van der Waals surface area contributed by atoms with E-state index in [1.54, 1.807) is 12.3 Å². The minimum Gasteiger partial charge on any atom is -0.310 e. The van der Waals surface area contributed by atoms with Crippen LogP contribution in [0, 0.1) is 11.6 Å². The SMILES string of the molecule is CCCNC(Cc1cccc(F)c1Br)c1cncc(F)c1. The summed E-state index contributed by atoms with van der Waals surface area (Å²) in [7, 11) is 0. The molecule has 21 heavy (non-hydrogen) atoms. The highest BCUT2D eigenvalue weighted by molar-refractivity contribution is 9.10. The number of hydrogen-bond donors (Lipinski definition) is 1. The Morgan fingerprint density at radius 1 is 1.29 bits per heavy atom. The Kier molecular flexibility index (Phi) is 5.82. The number of nitrogens with one attached hydrogen (secondary N) is 1. The summed E-state index contributed by atoms with van der Waals surface area (Å²) >= 11 is 3.27. The van der Waals surface area contributed by atoms with Crippen molar-refractivity contribution in [3.05, 3.63) is 63.9 Å². The molecule has 1 N–H and O–H groups in total. The zero-order valence-electron chi connectivity index (χ0n) is 11.7. The molecule has 112 valence electrons. The highest BCUT2D eigenvalue weighted by Crippen LogP contribution is 2.26. The van der Waals surface area contributed by atoms with Gasteiger partial charge in [-0.15, -0.1) is 0 Å². The number of benzene rings is 1. The second-order valence-electron chi connectivity index (χ2n) is 4.86. The van der Waals surface area contributed by atoms with E-state index in [1.807, 2.05) is 6.07 Å². The van der Waals surface area contributed by atoms with Crippen LogP contribution in [0.15, 0.2) is 41.1 Å². The number of nitrogens with zero attached hydrogens (tertiary/aromatic N) is 1. The molecule has 1 unspecified atom stereocenters. The quantitative estimate of drug-likeness (QED) is 0.831. The van der Waals surface area contributed by atoms with Gasteiger partial charge in [-0.2, -0.15) is 0 Å². The van der Waals surface area contributed by atoms with Crippen molar-refractivity contribution in [2.75, 3.05) is 6.54 Å². The fourth-order valence-electron chi connectivity index (χ4n) is 2.17. The lowest BCUT2D eigenvalue weighted by molar-refractivity contribution is 0.518. The first-order chi connectivity index (χ1) is 10.1. The van der Waals surface area contributed by atoms with Crippen LogP contribution < -0.4 is 5.32 Å². The zero-order valence-corrected chi connectivity index (χ0v) is 13.3. The molecule has 0 radical (unpaired) electrons. The van der Waals surface area contributed by atoms with Crippen LogP contribution in [0.1, 0.15) is 30.5 Å². The van der Waals surface area contributed by atoms with Crippen LogP contribution in [0.4, 0.5) is 8.78 Å². The van der Waals surface area contributed by atoms with Gasteiger partial charge in [-0.05, 0) is 58.6 Å². The molecule has 0 aliphatic heterocycles. The van der Waals surface area contributed by atoms with Crippen LogP contribution in [0.25, 0.3) is 0 Å².